The van der Waals surface area contributed by atoms with Crippen LogP contribution in [0.2, 0.25) is 0 Å². The van der Waals surface area contributed by atoms with Crippen molar-refractivity contribution in [2.45, 2.75) is 45.7 Å². The van der Waals surface area contributed by atoms with Gasteiger partial charge in [0.2, 0.25) is 5.91 Å². The molecule has 1 aliphatic rings. The Morgan fingerprint density at radius 2 is 1.94 bits per heavy atom. The van der Waals surface area contributed by atoms with Gasteiger partial charge < -0.3 is 14.5 Å². The minimum Gasteiger partial charge on any atom is -0.497 e. The maximum absolute atomic E-state index is 13.8. The van der Waals surface area contributed by atoms with E-state index in [2.05, 4.69) is 30.5 Å². The Balaban J connectivity index is 1.65. The Hall–Kier alpha value is -3.12. The molecule has 6 heteroatoms. The number of nitrogens with zero attached hydrogens (tertiary/aromatic N) is 2. The molecule has 2 aromatic carbocycles. The van der Waals surface area contributed by atoms with Crippen molar-refractivity contribution in [1.82, 2.24) is 9.80 Å². The second-order valence-corrected chi connectivity index (χ2v) is 9.82. The summed E-state index contributed by atoms with van der Waals surface area (Å²) >= 11 is 1.76. The molecule has 2 heterocycles. The van der Waals surface area contributed by atoms with Crippen molar-refractivity contribution in [2.24, 2.45) is 0 Å². The molecule has 1 aromatic heterocycles. The smallest absolute Gasteiger partial charge is 0.254 e. The van der Waals surface area contributed by atoms with Crippen LogP contribution in [-0.2, 0) is 11.2 Å². The largest absolute Gasteiger partial charge is 0.497 e. The van der Waals surface area contributed by atoms with Crippen molar-refractivity contribution in [2.75, 3.05) is 20.2 Å². The molecule has 2 atom stereocenters. The highest BCUT2D eigenvalue weighted by Crippen LogP contribution is 2.39. The summed E-state index contributed by atoms with van der Waals surface area (Å²) in [5.41, 5.74) is 4.04. The lowest BCUT2D eigenvalue weighted by atomic mass is 9.90. The molecule has 0 N–H and O–H groups in total. The number of methoxy groups -OCH3 is 1. The van der Waals surface area contributed by atoms with Crippen LogP contribution in [0.25, 0.3) is 0 Å². The Labute approximate surface area is 206 Å². The van der Waals surface area contributed by atoms with Gasteiger partial charge in [-0.15, -0.1) is 11.3 Å². The first-order valence-electron chi connectivity index (χ1n) is 11.8. The van der Waals surface area contributed by atoms with Crippen LogP contribution in [0, 0.1) is 6.92 Å². The van der Waals surface area contributed by atoms with Crippen molar-refractivity contribution in [3.63, 3.8) is 0 Å². The Bertz CT molecular complexity index is 1170. The Morgan fingerprint density at radius 1 is 1.15 bits per heavy atom. The standard InChI is InChI=1S/C28H32N2O3S/c1-5-20(3)30(28(32)21-10-8-11-22(17-21)33-4)18-26(31)29-15-13-25-24(14-16-34-25)27(29)23-12-7-6-9-19(23)2/h6-12,14,16-17,20,27H,5,13,15,18H2,1-4H3. The second-order valence-electron chi connectivity index (χ2n) is 8.82. The molecule has 0 saturated heterocycles. The number of hydrogen-bond acceptors (Lipinski definition) is 4. The molecule has 0 saturated carbocycles. The molecule has 2 unspecified atom stereocenters. The molecular formula is C28H32N2O3S. The lowest BCUT2D eigenvalue weighted by Crippen LogP contribution is -2.49. The first kappa shape index (κ1) is 24.0. The van der Waals surface area contributed by atoms with E-state index in [4.69, 9.17) is 4.74 Å². The second kappa shape index (κ2) is 10.4. The number of hydrogen-bond donors (Lipinski definition) is 0. The quantitative estimate of drug-likeness (QED) is 0.454. The molecule has 0 aliphatic carbocycles. The average molecular weight is 477 g/mol. The van der Waals surface area contributed by atoms with Crippen molar-refractivity contribution < 1.29 is 14.3 Å². The molecule has 34 heavy (non-hydrogen) atoms. The van der Waals surface area contributed by atoms with Crippen LogP contribution in [0.15, 0.2) is 60.0 Å². The monoisotopic (exact) mass is 476 g/mol. The van der Waals surface area contributed by atoms with Crippen LogP contribution in [0.3, 0.4) is 0 Å². The molecule has 0 fully saturated rings. The zero-order chi connectivity index (χ0) is 24.2. The number of aryl methyl sites for hydroxylation is 1. The van der Waals surface area contributed by atoms with Crippen molar-refractivity contribution >= 4 is 23.2 Å². The maximum Gasteiger partial charge on any atom is 0.254 e. The third-order valence-corrected chi connectivity index (χ3v) is 7.77. The zero-order valence-corrected chi connectivity index (χ0v) is 21.1. The zero-order valence-electron chi connectivity index (χ0n) is 20.3. The van der Waals surface area contributed by atoms with E-state index < -0.39 is 0 Å². The van der Waals surface area contributed by atoms with E-state index in [1.54, 1.807) is 41.5 Å². The van der Waals surface area contributed by atoms with E-state index in [1.807, 2.05) is 36.9 Å². The van der Waals surface area contributed by atoms with Crippen molar-refractivity contribution in [3.8, 4) is 5.75 Å². The highest BCUT2D eigenvalue weighted by molar-refractivity contribution is 7.10. The highest BCUT2D eigenvalue weighted by Gasteiger charge is 2.35. The minimum atomic E-state index is -0.151. The van der Waals surface area contributed by atoms with Gasteiger partial charge in [0.1, 0.15) is 12.3 Å². The molecule has 1 aliphatic heterocycles. The van der Waals surface area contributed by atoms with Crippen LogP contribution in [0.5, 0.6) is 5.75 Å². The summed E-state index contributed by atoms with van der Waals surface area (Å²) < 4.78 is 5.30. The van der Waals surface area contributed by atoms with Gasteiger partial charge in [0.15, 0.2) is 0 Å². The number of carbonyl (C=O) groups is 2. The van der Waals surface area contributed by atoms with Crippen LogP contribution >= 0.6 is 11.3 Å². The summed E-state index contributed by atoms with van der Waals surface area (Å²) in [5.74, 6) is 0.450. The van der Waals surface area contributed by atoms with Gasteiger partial charge in [-0.3, -0.25) is 9.59 Å². The number of thiophene rings is 1. The number of fused-ring (bicyclic) bond motifs is 1. The molecule has 0 radical (unpaired) electrons. The van der Waals surface area contributed by atoms with E-state index in [0.29, 0.717) is 17.9 Å². The molecule has 0 bridgehead atoms. The number of amides is 2. The minimum absolute atomic E-state index is 0.0263. The van der Waals surface area contributed by atoms with E-state index >= 15 is 0 Å². The van der Waals surface area contributed by atoms with Gasteiger partial charge in [-0.1, -0.05) is 37.3 Å². The third kappa shape index (κ3) is 4.73. The predicted molar refractivity (Wildman–Crippen MR) is 137 cm³/mol. The fourth-order valence-electron chi connectivity index (χ4n) is 4.62. The van der Waals surface area contributed by atoms with Gasteiger partial charge in [0.25, 0.3) is 5.91 Å². The fraction of sp³-hybridized carbons (Fsp3) is 0.357. The van der Waals surface area contributed by atoms with Crippen molar-refractivity contribution in [1.29, 1.82) is 0 Å². The SMILES string of the molecule is CCC(C)N(CC(=O)N1CCc2sccc2C1c1ccccc1C)C(=O)c1cccc(OC)c1. The van der Waals surface area contributed by atoms with Gasteiger partial charge in [-0.2, -0.15) is 0 Å². The first-order valence-corrected chi connectivity index (χ1v) is 12.7. The van der Waals surface area contributed by atoms with Gasteiger partial charge in [-0.25, -0.2) is 0 Å². The van der Waals surface area contributed by atoms with Gasteiger partial charge in [0, 0.05) is 23.0 Å². The fourth-order valence-corrected chi connectivity index (χ4v) is 5.52. The maximum atomic E-state index is 13.8. The molecule has 3 aromatic rings. The van der Waals surface area contributed by atoms with E-state index in [-0.39, 0.29) is 30.4 Å². The summed E-state index contributed by atoms with van der Waals surface area (Å²) in [6.45, 7) is 6.82. The molecule has 0 spiro atoms. The lowest BCUT2D eigenvalue weighted by Gasteiger charge is -2.39. The summed E-state index contributed by atoms with van der Waals surface area (Å²) in [6.07, 6.45) is 1.60. The van der Waals surface area contributed by atoms with Crippen LogP contribution in [-0.4, -0.2) is 47.9 Å². The molecule has 5 nitrogen and oxygen atoms in total. The summed E-state index contributed by atoms with van der Waals surface area (Å²) in [6, 6.07) is 17.3. The normalized spacial score (nSPS) is 16.0. The van der Waals surface area contributed by atoms with Crippen LogP contribution in [0.4, 0.5) is 0 Å². The first-order chi connectivity index (χ1) is 16.4. The summed E-state index contributed by atoms with van der Waals surface area (Å²) in [7, 11) is 1.58. The van der Waals surface area contributed by atoms with Crippen LogP contribution in [0.1, 0.15) is 58.2 Å². The number of benzene rings is 2. The molecule has 2 amide bonds. The Morgan fingerprint density at radius 3 is 2.68 bits per heavy atom. The summed E-state index contributed by atoms with van der Waals surface area (Å²) in [5, 5.41) is 2.11. The van der Waals surface area contributed by atoms with E-state index in [0.717, 1.165) is 24.0 Å². The van der Waals surface area contributed by atoms with Gasteiger partial charge >= 0.3 is 0 Å². The number of rotatable bonds is 7. The number of ether oxygens (including phenoxy) is 1. The summed E-state index contributed by atoms with van der Waals surface area (Å²) in [4.78, 5) is 32.3. The topological polar surface area (TPSA) is 49.9 Å². The highest BCUT2D eigenvalue weighted by atomic mass is 32.1. The number of carbonyl (C=O) groups excluding carboxylic acids is 2. The molecular weight excluding hydrogens is 444 g/mol. The van der Waals surface area contributed by atoms with Gasteiger partial charge in [-0.05, 0) is 73.0 Å². The third-order valence-electron chi connectivity index (χ3n) is 6.78. The molecule has 4 rings (SSSR count). The lowest BCUT2D eigenvalue weighted by molar-refractivity contribution is -0.134. The van der Waals surface area contributed by atoms with Crippen molar-refractivity contribution in [3.05, 3.63) is 87.1 Å². The average Bonchev–Trinajstić information content (AvgIpc) is 3.35. The predicted octanol–water partition coefficient (Wildman–Crippen LogP) is 5.48. The van der Waals surface area contributed by atoms with Crippen LogP contribution < -0.4 is 4.74 Å². The van der Waals surface area contributed by atoms with E-state index in [1.165, 1.54) is 10.4 Å². The Kier molecular flexibility index (Phi) is 7.37. The van der Waals surface area contributed by atoms with E-state index in [9.17, 15) is 9.59 Å². The van der Waals surface area contributed by atoms with Gasteiger partial charge in [0.05, 0.1) is 13.2 Å². The molecule has 178 valence electrons.